The molecule has 5 aliphatic rings. The van der Waals surface area contributed by atoms with E-state index in [1.165, 1.54) is 12.8 Å². The van der Waals surface area contributed by atoms with Crippen molar-refractivity contribution in [2.24, 2.45) is 45.3 Å². The van der Waals surface area contributed by atoms with E-state index in [1.54, 1.807) is 5.57 Å². The third-order valence-electron chi connectivity index (χ3n) is 12.5. The fourth-order valence-electron chi connectivity index (χ4n) is 9.94. The standard InChI is InChI=1S/C30H48O4/c1-17(15-21(31)25-27(4,5)34-25)18-11-13-29(7)19-9-10-22-26(2,3)23(32)16-24(33)30(22,8)20(19)12-14-28(18,29)6/h9,17-18,20-22,24-25,31,33H,10-16H2,1-8H3/t17?,18-,20?,21+,22?,24+,25?,28-,29+,30+/m0/s1. The highest BCUT2D eigenvalue weighted by Crippen LogP contribution is 2.73. The van der Waals surface area contributed by atoms with Crippen molar-refractivity contribution in [2.75, 3.05) is 0 Å². The number of fused-ring (bicyclic) bond motifs is 5. The van der Waals surface area contributed by atoms with Crippen molar-refractivity contribution < 1.29 is 19.7 Å². The van der Waals surface area contributed by atoms with Crippen molar-refractivity contribution in [3.05, 3.63) is 11.6 Å². The van der Waals surface area contributed by atoms with Gasteiger partial charge < -0.3 is 14.9 Å². The van der Waals surface area contributed by atoms with Crippen molar-refractivity contribution in [1.29, 1.82) is 0 Å². The van der Waals surface area contributed by atoms with E-state index in [-0.39, 0.29) is 51.2 Å². The van der Waals surface area contributed by atoms with Gasteiger partial charge in [0, 0.05) is 17.3 Å². The number of carbonyl (C=O) groups excluding carboxylic acids is 1. The van der Waals surface area contributed by atoms with Crippen LogP contribution in [0.15, 0.2) is 11.6 Å². The molecule has 1 saturated heterocycles. The molecule has 4 nitrogen and oxygen atoms in total. The van der Waals surface area contributed by atoms with Crippen LogP contribution in [0.4, 0.5) is 0 Å². The van der Waals surface area contributed by atoms with Crippen LogP contribution in [0.2, 0.25) is 0 Å². The lowest BCUT2D eigenvalue weighted by molar-refractivity contribution is -0.168. The average molecular weight is 473 g/mol. The molecule has 0 aromatic heterocycles. The predicted molar refractivity (Wildman–Crippen MR) is 134 cm³/mol. The van der Waals surface area contributed by atoms with Gasteiger partial charge in [-0.1, -0.05) is 53.2 Å². The number of hydrogen-bond donors (Lipinski definition) is 2. The minimum atomic E-state index is -0.548. The van der Waals surface area contributed by atoms with Gasteiger partial charge in [-0.2, -0.15) is 0 Å². The van der Waals surface area contributed by atoms with Crippen molar-refractivity contribution in [1.82, 2.24) is 0 Å². The molecule has 192 valence electrons. The second-order valence-corrected chi connectivity index (χ2v) is 14.6. The summed E-state index contributed by atoms with van der Waals surface area (Å²) < 4.78 is 5.74. The molecule has 4 unspecified atom stereocenters. The molecule has 1 heterocycles. The van der Waals surface area contributed by atoms with Crippen molar-refractivity contribution in [2.45, 2.75) is 124 Å². The molecule has 10 atom stereocenters. The predicted octanol–water partition coefficient (Wildman–Crippen LogP) is 5.70. The molecule has 0 aromatic carbocycles. The zero-order valence-electron chi connectivity index (χ0n) is 22.8. The van der Waals surface area contributed by atoms with E-state index in [1.807, 2.05) is 0 Å². The number of aliphatic hydroxyl groups is 2. The Morgan fingerprint density at radius 1 is 1.09 bits per heavy atom. The minimum Gasteiger partial charge on any atom is -0.392 e. The van der Waals surface area contributed by atoms with E-state index in [0.29, 0.717) is 24.2 Å². The average Bonchev–Trinajstić information content (AvgIpc) is 3.28. The van der Waals surface area contributed by atoms with Gasteiger partial charge in [0.1, 0.15) is 11.9 Å². The van der Waals surface area contributed by atoms with Gasteiger partial charge in [-0.25, -0.2) is 0 Å². The van der Waals surface area contributed by atoms with Gasteiger partial charge in [0.25, 0.3) is 0 Å². The van der Waals surface area contributed by atoms with Gasteiger partial charge in [-0.05, 0) is 86.9 Å². The van der Waals surface area contributed by atoms with Crippen LogP contribution in [0.25, 0.3) is 0 Å². The molecule has 4 aliphatic carbocycles. The maximum Gasteiger partial charge on any atom is 0.141 e. The van der Waals surface area contributed by atoms with Crippen LogP contribution in [-0.2, 0) is 9.53 Å². The Hall–Kier alpha value is -0.710. The van der Waals surface area contributed by atoms with Crippen LogP contribution in [0.3, 0.4) is 0 Å². The topological polar surface area (TPSA) is 70.1 Å². The van der Waals surface area contributed by atoms with Crippen LogP contribution in [0.1, 0.15) is 100 Å². The summed E-state index contributed by atoms with van der Waals surface area (Å²) in [6.07, 6.45) is 8.19. The highest BCUT2D eigenvalue weighted by Gasteiger charge is 2.67. The van der Waals surface area contributed by atoms with Crippen LogP contribution >= 0.6 is 0 Å². The zero-order valence-corrected chi connectivity index (χ0v) is 22.8. The van der Waals surface area contributed by atoms with Gasteiger partial charge >= 0.3 is 0 Å². The second-order valence-electron chi connectivity index (χ2n) is 14.6. The summed E-state index contributed by atoms with van der Waals surface area (Å²) in [5.74, 6) is 1.80. The number of ketones is 1. The van der Waals surface area contributed by atoms with Gasteiger partial charge in [-0.15, -0.1) is 0 Å². The quantitative estimate of drug-likeness (QED) is 0.407. The zero-order chi connectivity index (χ0) is 25.1. The van der Waals surface area contributed by atoms with E-state index < -0.39 is 6.10 Å². The molecule has 4 heteroatoms. The summed E-state index contributed by atoms with van der Waals surface area (Å²) in [7, 11) is 0. The fraction of sp³-hybridized carbons (Fsp3) is 0.900. The molecule has 4 fully saturated rings. The Bertz CT molecular complexity index is 903. The number of Topliss-reactive ketones (excluding diaryl/α,β-unsaturated/α-hetero) is 1. The summed E-state index contributed by atoms with van der Waals surface area (Å²) in [6.45, 7) is 18.0. The monoisotopic (exact) mass is 472 g/mol. The van der Waals surface area contributed by atoms with Gasteiger partial charge in [0.05, 0.1) is 17.8 Å². The minimum absolute atomic E-state index is 0.0249. The van der Waals surface area contributed by atoms with Gasteiger partial charge in [-0.3, -0.25) is 4.79 Å². The Labute approximate surface area is 206 Å². The van der Waals surface area contributed by atoms with E-state index >= 15 is 0 Å². The van der Waals surface area contributed by atoms with Gasteiger partial charge in [0.2, 0.25) is 0 Å². The number of rotatable bonds is 4. The van der Waals surface area contributed by atoms with E-state index in [2.05, 4.69) is 61.5 Å². The number of aliphatic hydroxyl groups excluding tert-OH is 2. The van der Waals surface area contributed by atoms with Crippen molar-refractivity contribution in [3.63, 3.8) is 0 Å². The molecule has 5 rings (SSSR count). The second kappa shape index (κ2) is 7.42. The Kier molecular flexibility index (Phi) is 5.44. The molecule has 0 radical (unpaired) electrons. The fourth-order valence-corrected chi connectivity index (χ4v) is 9.94. The molecular weight excluding hydrogens is 424 g/mol. The molecule has 0 amide bonds. The smallest absolute Gasteiger partial charge is 0.141 e. The number of ether oxygens (including phenoxy) is 1. The molecule has 34 heavy (non-hydrogen) atoms. The van der Waals surface area contributed by atoms with E-state index in [9.17, 15) is 15.0 Å². The summed E-state index contributed by atoms with van der Waals surface area (Å²) in [6, 6.07) is 0. The molecule has 0 spiro atoms. The summed E-state index contributed by atoms with van der Waals surface area (Å²) >= 11 is 0. The lowest BCUT2D eigenvalue weighted by Gasteiger charge is -2.64. The first-order valence-corrected chi connectivity index (χ1v) is 13.9. The third kappa shape index (κ3) is 3.10. The Morgan fingerprint density at radius 2 is 1.74 bits per heavy atom. The summed E-state index contributed by atoms with van der Waals surface area (Å²) in [5.41, 5.74) is 1.10. The SMILES string of the molecule is CC(C[C@@H](O)C1OC1(C)C)[C@@H]1CC[C@]2(C)C3=CCC4C(C)(C)C(=O)C[C@@H](O)[C@]4(C)C3CC[C@@]12C. The van der Waals surface area contributed by atoms with E-state index in [4.69, 9.17) is 4.74 Å². The lowest BCUT2D eigenvalue weighted by Crippen LogP contribution is -2.62. The maximum atomic E-state index is 12.9. The molecule has 1 aliphatic heterocycles. The Balaban J connectivity index is 1.43. The summed E-state index contributed by atoms with van der Waals surface area (Å²) in [4.78, 5) is 12.9. The molecule has 3 saturated carbocycles. The first-order valence-electron chi connectivity index (χ1n) is 13.9. The van der Waals surface area contributed by atoms with Crippen molar-refractivity contribution in [3.8, 4) is 0 Å². The van der Waals surface area contributed by atoms with Crippen LogP contribution in [0, 0.1) is 45.3 Å². The number of hydrogen-bond acceptors (Lipinski definition) is 4. The highest BCUT2D eigenvalue weighted by atomic mass is 16.6. The largest absolute Gasteiger partial charge is 0.392 e. The first kappa shape index (κ1) is 25.0. The Morgan fingerprint density at radius 3 is 2.35 bits per heavy atom. The number of carbonyl (C=O) groups is 1. The number of epoxide rings is 1. The highest BCUT2D eigenvalue weighted by molar-refractivity contribution is 5.86. The van der Waals surface area contributed by atoms with E-state index in [0.717, 1.165) is 25.7 Å². The molecular formula is C30H48O4. The normalized spacial score (nSPS) is 50.5. The summed E-state index contributed by atoms with van der Waals surface area (Å²) in [5, 5.41) is 22.2. The molecule has 0 bridgehead atoms. The third-order valence-corrected chi connectivity index (χ3v) is 12.5. The maximum absolute atomic E-state index is 12.9. The van der Waals surface area contributed by atoms with Crippen molar-refractivity contribution >= 4 is 5.78 Å². The van der Waals surface area contributed by atoms with Crippen LogP contribution in [-0.4, -0.2) is 39.9 Å². The van der Waals surface area contributed by atoms with Crippen LogP contribution < -0.4 is 0 Å². The lowest BCUT2D eigenvalue weighted by atomic mass is 9.40. The molecule has 0 aromatic rings. The molecule has 2 N–H and O–H groups in total. The number of allylic oxidation sites excluding steroid dienone is 2. The van der Waals surface area contributed by atoms with Crippen LogP contribution in [0.5, 0.6) is 0 Å². The first-order chi connectivity index (χ1) is 15.6. The van der Waals surface area contributed by atoms with Gasteiger partial charge in [0.15, 0.2) is 0 Å².